The van der Waals surface area contributed by atoms with Crippen molar-refractivity contribution in [3.05, 3.63) is 34.1 Å². The Balaban J connectivity index is 1.64. The fraction of sp³-hybridized carbons (Fsp3) is 0.571. The Morgan fingerprint density at radius 2 is 2.11 bits per heavy atom. The molecule has 0 radical (unpaired) electrons. The molecule has 1 aromatic carbocycles. The van der Waals surface area contributed by atoms with Crippen molar-refractivity contribution in [1.29, 1.82) is 0 Å². The van der Waals surface area contributed by atoms with E-state index in [1.165, 1.54) is 31.7 Å². The van der Waals surface area contributed by atoms with Crippen molar-refractivity contribution < 1.29 is 9.13 Å². The molecule has 2 nitrogen and oxygen atoms in total. The van der Waals surface area contributed by atoms with E-state index in [9.17, 15) is 4.39 Å². The largest absolute Gasteiger partial charge is 0.377 e. The Morgan fingerprint density at radius 3 is 2.89 bits per heavy atom. The highest BCUT2D eigenvalue weighted by Crippen LogP contribution is 2.20. The average molecular weight is 316 g/mol. The van der Waals surface area contributed by atoms with Crippen LogP contribution in [-0.4, -0.2) is 19.3 Å². The molecule has 1 aliphatic carbocycles. The molecule has 4 heteroatoms. The van der Waals surface area contributed by atoms with Gasteiger partial charge in [0, 0.05) is 23.1 Å². The lowest BCUT2D eigenvalue weighted by molar-refractivity contribution is 0.0602. The minimum atomic E-state index is -0.164. The summed E-state index contributed by atoms with van der Waals surface area (Å²) in [6.07, 6.45) is 5.43. The summed E-state index contributed by atoms with van der Waals surface area (Å²) < 4.78 is 20.1. The summed E-state index contributed by atoms with van der Waals surface area (Å²) >= 11 is 3.34. The van der Waals surface area contributed by atoms with Gasteiger partial charge in [-0.3, -0.25) is 0 Å². The Hall–Kier alpha value is -0.450. The second-order valence-corrected chi connectivity index (χ2v) is 5.61. The number of benzene rings is 1. The van der Waals surface area contributed by atoms with E-state index >= 15 is 0 Å². The van der Waals surface area contributed by atoms with E-state index in [0.717, 1.165) is 11.0 Å². The molecule has 1 aliphatic rings. The molecule has 0 bridgehead atoms. The molecular weight excluding hydrogens is 297 g/mol. The first kappa shape index (κ1) is 14.0. The molecule has 0 saturated heterocycles. The van der Waals surface area contributed by atoms with Crippen LogP contribution in [-0.2, 0) is 11.3 Å². The lowest BCUT2D eigenvalue weighted by atomic mass is 10.2. The maximum atomic E-state index is 13.4. The molecule has 18 heavy (non-hydrogen) atoms. The lowest BCUT2D eigenvalue weighted by Gasteiger charge is -2.11. The number of hydrogen-bond donors (Lipinski definition) is 1. The fourth-order valence-corrected chi connectivity index (χ4v) is 2.66. The smallest absolute Gasteiger partial charge is 0.127 e. The number of hydrogen-bond acceptors (Lipinski definition) is 2. The van der Waals surface area contributed by atoms with Crippen molar-refractivity contribution in [1.82, 2.24) is 5.32 Å². The molecule has 0 unspecified atom stereocenters. The van der Waals surface area contributed by atoms with Gasteiger partial charge >= 0.3 is 0 Å². The molecule has 0 aliphatic heterocycles. The second-order valence-electron chi connectivity index (χ2n) is 4.69. The van der Waals surface area contributed by atoms with Crippen molar-refractivity contribution in [2.24, 2.45) is 0 Å². The van der Waals surface area contributed by atoms with Gasteiger partial charge in [-0.2, -0.15) is 0 Å². The maximum Gasteiger partial charge on any atom is 0.127 e. The van der Waals surface area contributed by atoms with E-state index < -0.39 is 0 Å². The summed E-state index contributed by atoms with van der Waals surface area (Å²) in [7, 11) is 0. The Kier molecular flexibility index (Phi) is 5.60. The van der Waals surface area contributed by atoms with E-state index in [0.29, 0.717) is 24.8 Å². The summed E-state index contributed by atoms with van der Waals surface area (Å²) in [6, 6.07) is 5.00. The highest BCUT2D eigenvalue weighted by atomic mass is 79.9. The first-order valence-corrected chi connectivity index (χ1v) is 7.31. The minimum Gasteiger partial charge on any atom is -0.377 e. The van der Waals surface area contributed by atoms with E-state index in [2.05, 4.69) is 21.2 Å². The van der Waals surface area contributed by atoms with Crippen molar-refractivity contribution >= 4 is 15.9 Å². The van der Waals surface area contributed by atoms with Crippen LogP contribution in [0.25, 0.3) is 0 Å². The second kappa shape index (κ2) is 7.22. The Bertz CT molecular complexity index is 380. The van der Waals surface area contributed by atoms with Gasteiger partial charge in [0.2, 0.25) is 0 Å². The third-order valence-corrected chi connectivity index (χ3v) is 3.75. The zero-order chi connectivity index (χ0) is 12.8. The molecule has 0 heterocycles. The highest BCUT2D eigenvalue weighted by Gasteiger charge is 2.14. The monoisotopic (exact) mass is 315 g/mol. The predicted molar refractivity (Wildman–Crippen MR) is 74.0 cm³/mol. The van der Waals surface area contributed by atoms with Crippen molar-refractivity contribution in [2.45, 2.75) is 38.3 Å². The van der Waals surface area contributed by atoms with E-state index in [1.54, 1.807) is 12.1 Å². The van der Waals surface area contributed by atoms with Gasteiger partial charge in [0.25, 0.3) is 0 Å². The molecule has 0 aromatic heterocycles. The first-order valence-electron chi connectivity index (χ1n) is 6.52. The van der Waals surface area contributed by atoms with Crippen LogP contribution in [0.2, 0.25) is 0 Å². The van der Waals surface area contributed by atoms with Crippen LogP contribution >= 0.6 is 15.9 Å². The van der Waals surface area contributed by atoms with Crippen LogP contribution < -0.4 is 5.32 Å². The number of ether oxygens (including phenoxy) is 1. The topological polar surface area (TPSA) is 21.3 Å². The summed E-state index contributed by atoms with van der Waals surface area (Å²) in [4.78, 5) is 0. The van der Waals surface area contributed by atoms with Crippen LogP contribution in [0.1, 0.15) is 31.2 Å². The third kappa shape index (κ3) is 4.34. The Labute approximate surface area is 116 Å². The summed E-state index contributed by atoms with van der Waals surface area (Å²) in [5.41, 5.74) is 0.685. The molecule has 0 spiro atoms. The molecule has 2 rings (SSSR count). The van der Waals surface area contributed by atoms with Gasteiger partial charge in [0.1, 0.15) is 5.82 Å². The molecule has 0 atom stereocenters. The predicted octanol–water partition coefficient (Wildman–Crippen LogP) is 3.64. The van der Waals surface area contributed by atoms with Gasteiger partial charge in [-0.25, -0.2) is 4.39 Å². The van der Waals surface area contributed by atoms with E-state index in [4.69, 9.17) is 4.74 Å². The summed E-state index contributed by atoms with van der Waals surface area (Å²) in [5, 5.41) is 3.21. The summed E-state index contributed by atoms with van der Waals surface area (Å²) in [6.45, 7) is 2.02. The molecular formula is C14H19BrFNO. The first-order chi connectivity index (χ1) is 8.75. The van der Waals surface area contributed by atoms with Crippen LogP contribution in [0.5, 0.6) is 0 Å². The average Bonchev–Trinajstić information content (AvgIpc) is 2.86. The van der Waals surface area contributed by atoms with Crippen molar-refractivity contribution in [3.63, 3.8) is 0 Å². The highest BCUT2D eigenvalue weighted by molar-refractivity contribution is 9.10. The summed E-state index contributed by atoms with van der Waals surface area (Å²) in [5.74, 6) is -0.164. The Morgan fingerprint density at radius 1 is 1.33 bits per heavy atom. The molecule has 100 valence electrons. The number of nitrogens with one attached hydrogen (secondary N) is 1. The van der Waals surface area contributed by atoms with Crippen molar-refractivity contribution in [3.8, 4) is 0 Å². The number of halogens is 2. The zero-order valence-electron chi connectivity index (χ0n) is 10.4. The van der Waals surface area contributed by atoms with E-state index in [1.807, 2.05) is 0 Å². The van der Waals surface area contributed by atoms with Crippen LogP contribution in [0.3, 0.4) is 0 Å². The van der Waals surface area contributed by atoms with Crippen molar-refractivity contribution in [2.75, 3.05) is 13.2 Å². The standard InChI is InChI=1S/C14H19BrFNO/c15-12-5-6-14(16)11(9-12)10-17-7-8-18-13-3-1-2-4-13/h5-6,9,13,17H,1-4,7-8,10H2. The SMILES string of the molecule is Fc1ccc(Br)cc1CNCCOC1CCCC1. The van der Waals surface area contributed by atoms with Gasteiger partial charge in [-0.05, 0) is 31.0 Å². The normalized spacial score (nSPS) is 16.3. The van der Waals surface area contributed by atoms with Gasteiger partial charge in [0.05, 0.1) is 12.7 Å². The van der Waals surface area contributed by atoms with Gasteiger partial charge in [-0.15, -0.1) is 0 Å². The van der Waals surface area contributed by atoms with Crippen LogP contribution in [0.15, 0.2) is 22.7 Å². The quantitative estimate of drug-likeness (QED) is 0.809. The maximum absolute atomic E-state index is 13.4. The van der Waals surface area contributed by atoms with E-state index in [-0.39, 0.29) is 5.82 Å². The zero-order valence-corrected chi connectivity index (χ0v) is 12.0. The van der Waals surface area contributed by atoms with Gasteiger partial charge < -0.3 is 10.1 Å². The molecule has 1 saturated carbocycles. The molecule has 0 amide bonds. The lowest BCUT2D eigenvalue weighted by Crippen LogP contribution is -2.22. The van der Waals surface area contributed by atoms with Crippen LogP contribution in [0, 0.1) is 5.82 Å². The molecule has 1 N–H and O–H groups in total. The number of rotatable bonds is 6. The molecule has 1 aromatic rings. The van der Waals surface area contributed by atoms with Gasteiger partial charge in [-0.1, -0.05) is 28.8 Å². The van der Waals surface area contributed by atoms with Gasteiger partial charge in [0.15, 0.2) is 0 Å². The molecule has 1 fully saturated rings. The third-order valence-electron chi connectivity index (χ3n) is 3.26. The minimum absolute atomic E-state index is 0.164. The van der Waals surface area contributed by atoms with Crippen LogP contribution in [0.4, 0.5) is 4.39 Å². The fourth-order valence-electron chi connectivity index (χ4n) is 2.25.